The molecule has 1 aliphatic heterocycles. The number of pyridine rings is 1. The van der Waals surface area contributed by atoms with Crippen LogP contribution in [-0.4, -0.2) is 55.2 Å². The molecule has 0 atom stereocenters. The fourth-order valence-corrected chi connectivity index (χ4v) is 4.77. The Labute approximate surface area is 223 Å². The first kappa shape index (κ1) is 26.7. The second-order valence-corrected chi connectivity index (χ2v) is 10.1. The van der Waals surface area contributed by atoms with E-state index in [4.69, 9.17) is 9.97 Å². The van der Waals surface area contributed by atoms with Crippen molar-refractivity contribution < 1.29 is 0 Å². The lowest BCUT2D eigenvalue weighted by molar-refractivity contribution is 0.633. The summed E-state index contributed by atoms with van der Waals surface area (Å²) < 4.78 is 0. The molecule has 0 spiro atoms. The number of allylic oxidation sites excluding steroid dienone is 5. The number of nitrogens with zero attached hydrogens (tertiary/aromatic N) is 6. The molecular formula is C30H43N7. The molecule has 1 N–H and O–H groups in total. The van der Waals surface area contributed by atoms with Gasteiger partial charge >= 0.3 is 0 Å². The Bertz CT molecular complexity index is 1070. The third kappa shape index (κ3) is 8.07. The molecule has 0 bridgehead atoms. The van der Waals surface area contributed by atoms with Gasteiger partial charge < -0.3 is 20.0 Å². The van der Waals surface area contributed by atoms with Gasteiger partial charge in [-0.3, -0.25) is 0 Å². The summed E-state index contributed by atoms with van der Waals surface area (Å²) in [7, 11) is 4.06. The van der Waals surface area contributed by atoms with Crippen LogP contribution < -0.4 is 20.0 Å². The van der Waals surface area contributed by atoms with Gasteiger partial charge in [0.25, 0.3) is 0 Å². The smallest absolute Gasteiger partial charge is 0.229 e. The van der Waals surface area contributed by atoms with Gasteiger partial charge in [0.05, 0.1) is 0 Å². The largest absolute Gasteiger partial charge is 0.363 e. The molecule has 3 heterocycles. The first-order chi connectivity index (χ1) is 18.1. The third-order valence-corrected chi connectivity index (χ3v) is 6.95. The zero-order valence-corrected chi connectivity index (χ0v) is 22.9. The summed E-state index contributed by atoms with van der Waals surface area (Å²) >= 11 is 0. The maximum absolute atomic E-state index is 4.95. The van der Waals surface area contributed by atoms with Gasteiger partial charge in [0.2, 0.25) is 5.95 Å². The predicted octanol–water partition coefficient (Wildman–Crippen LogP) is 6.20. The van der Waals surface area contributed by atoms with Crippen LogP contribution in [0.5, 0.6) is 0 Å². The van der Waals surface area contributed by atoms with Crippen LogP contribution in [0.1, 0.15) is 58.3 Å². The van der Waals surface area contributed by atoms with Crippen molar-refractivity contribution in [2.45, 2.75) is 58.3 Å². The van der Waals surface area contributed by atoms with Crippen LogP contribution in [0.15, 0.2) is 66.0 Å². The summed E-state index contributed by atoms with van der Waals surface area (Å²) in [4.78, 5) is 21.1. The van der Waals surface area contributed by atoms with E-state index in [1.54, 1.807) is 0 Å². The van der Waals surface area contributed by atoms with Crippen LogP contribution in [0.4, 0.5) is 23.4 Å². The lowest BCUT2D eigenvalue weighted by Gasteiger charge is -2.24. The van der Waals surface area contributed by atoms with Gasteiger partial charge in [-0.25, -0.2) is 4.98 Å². The number of aromatic nitrogens is 3. The van der Waals surface area contributed by atoms with Crippen LogP contribution in [0, 0.1) is 0 Å². The fourth-order valence-electron chi connectivity index (χ4n) is 4.77. The minimum Gasteiger partial charge on any atom is -0.363 e. The first-order valence-electron chi connectivity index (χ1n) is 13.9. The minimum atomic E-state index is 0.778. The molecule has 0 unspecified atom stereocenters. The molecule has 0 aromatic carbocycles. The van der Waals surface area contributed by atoms with Crippen LogP contribution in [0.2, 0.25) is 0 Å². The van der Waals surface area contributed by atoms with Crippen LogP contribution in [-0.2, 0) is 0 Å². The summed E-state index contributed by atoms with van der Waals surface area (Å²) in [6, 6.07) is 8.13. The number of hydrogen-bond acceptors (Lipinski definition) is 7. The molecule has 37 heavy (non-hydrogen) atoms. The number of anilines is 4. The molecule has 4 rings (SSSR count). The van der Waals surface area contributed by atoms with Crippen molar-refractivity contribution in [3.8, 4) is 0 Å². The maximum Gasteiger partial charge on any atom is 0.229 e. The van der Waals surface area contributed by atoms with E-state index in [0.717, 1.165) is 74.5 Å². The molecule has 1 fully saturated rings. The monoisotopic (exact) mass is 501 g/mol. The van der Waals surface area contributed by atoms with E-state index >= 15 is 0 Å². The van der Waals surface area contributed by atoms with Crippen LogP contribution in [0.3, 0.4) is 0 Å². The van der Waals surface area contributed by atoms with E-state index in [9.17, 15) is 0 Å². The van der Waals surface area contributed by atoms with E-state index in [-0.39, 0.29) is 0 Å². The molecule has 2 aromatic heterocycles. The summed E-state index contributed by atoms with van der Waals surface area (Å²) in [5.41, 5.74) is 2.52. The standard InChI is InChI=1S/C30H43N7/c1-4-5-6-7-8-13-25-14-11-15-26(18-17-25)32-27-24-29(35(2)3)34-30(33-27)37-21-12-20-36(22-23-37)28-16-9-10-19-31-28/h9-10,14-19,24H,4-8,11-13,20-23H2,1-3H3,(H,32,33,34). The second-order valence-electron chi connectivity index (χ2n) is 10.1. The fraction of sp³-hybridized carbons (Fsp3) is 0.500. The van der Waals surface area contributed by atoms with Gasteiger partial charge in [-0.05, 0) is 43.9 Å². The van der Waals surface area contributed by atoms with E-state index in [1.165, 1.54) is 37.7 Å². The van der Waals surface area contributed by atoms with Gasteiger partial charge in [-0.1, -0.05) is 62.5 Å². The molecule has 2 aliphatic rings. The normalized spacial score (nSPS) is 16.1. The van der Waals surface area contributed by atoms with Gasteiger partial charge in [0.1, 0.15) is 17.5 Å². The van der Waals surface area contributed by atoms with E-state index in [0.29, 0.717) is 0 Å². The molecule has 1 aliphatic carbocycles. The Balaban J connectivity index is 1.41. The Morgan fingerprint density at radius 3 is 2.57 bits per heavy atom. The van der Waals surface area contributed by atoms with Gasteiger partial charge in [-0.2, -0.15) is 9.97 Å². The number of nitrogens with one attached hydrogen (secondary N) is 1. The molecule has 2 aromatic rings. The Kier molecular flexibility index (Phi) is 9.97. The highest BCUT2D eigenvalue weighted by molar-refractivity contribution is 5.57. The zero-order valence-electron chi connectivity index (χ0n) is 22.9. The van der Waals surface area contributed by atoms with Gasteiger partial charge in [0.15, 0.2) is 0 Å². The molecule has 198 valence electrons. The van der Waals surface area contributed by atoms with E-state index in [1.807, 2.05) is 37.3 Å². The predicted molar refractivity (Wildman–Crippen MR) is 157 cm³/mol. The topological polar surface area (TPSA) is 60.4 Å². The highest BCUT2D eigenvalue weighted by Gasteiger charge is 2.19. The molecule has 7 nitrogen and oxygen atoms in total. The average Bonchev–Trinajstić information content (AvgIpc) is 3.30. The Morgan fingerprint density at radius 2 is 1.76 bits per heavy atom. The van der Waals surface area contributed by atoms with Crippen molar-refractivity contribution in [2.75, 3.05) is 60.3 Å². The SMILES string of the molecule is CCCCCCCC1=CCC=C(Nc2cc(N(C)C)nc(N3CCCN(c4ccccn4)CC3)n2)C=C1. The molecular weight excluding hydrogens is 458 g/mol. The summed E-state index contributed by atoms with van der Waals surface area (Å²) in [6.07, 6.45) is 20.6. The second kappa shape index (κ2) is 13.8. The van der Waals surface area contributed by atoms with Crippen molar-refractivity contribution in [2.24, 2.45) is 0 Å². The highest BCUT2D eigenvalue weighted by atomic mass is 15.3. The van der Waals surface area contributed by atoms with E-state index in [2.05, 4.69) is 63.5 Å². The minimum absolute atomic E-state index is 0.778. The van der Waals surface area contributed by atoms with Crippen molar-refractivity contribution in [1.82, 2.24) is 15.0 Å². The quantitative estimate of drug-likeness (QED) is 0.368. The summed E-state index contributed by atoms with van der Waals surface area (Å²) in [6.45, 7) is 5.94. The number of hydrogen-bond donors (Lipinski definition) is 1. The maximum atomic E-state index is 4.95. The summed E-state index contributed by atoms with van der Waals surface area (Å²) in [5.74, 6) is 3.55. The molecule has 0 amide bonds. The zero-order chi connectivity index (χ0) is 25.9. The van der Waals surface area contributed by atoms with Crippen LogP contribution >= 0.6 is 0 Å². The van der Waals surface area contributed by atoms with Gasteiger partial charge in [0, 0.05) is 58.2 Å². The van der Waals surface area contributed by atoms with Crippen molar-refractivity contribution in [3.05, 3.63) is 66.0 Å². The van der Waals surface area contributed by atoms with Crippen molar-refractivity contribution >= 4 is 23.4 Å². The molecule has 7 heteroatoms. The third-order valence-electron chi connectivity index (χ3n) is 6.95. The van der Waals surface area contributed by atoms with Gasteiger partial charge in [-0.15, -0.1) is 0 Å². The van der Waals surface area contributed by atoms with Crippen LogP contribution in [0.25, 0.3) is 0 Å². The molecule has 1 saturated heterocycles. The number of unbranched alkanes of at least 4 members (excludes halogenated alkanes) is 4. The lowest BCUT2D eigenvalue weighted by Crippen LogP contribution is -2.32. The summed E-state index contributed by atoms with van der Waals surface area (Å²) in [5, 5.41) is 3.57. The average molecular weight is 502 g/mol. The van der Waals surface area contributed by atoms with Crippen molar-refractivity contribution in [3.63, 3.8) is 0 Å². The molecule has 0 saturated carbocycles. The number of rotatable bonds is 11. The molecule has 0 radical (unpaired) electrons. The lowest BCUT2D eigenvalue weighted by atomic mass is 10.0. The first-order valence-corrected chi connectivity index (χ1v) is 13.9. The highest BCUT2D eigenvalue weighted by Crippen LogP contribution is 2.24. The Hall–Kier alpha value is -3.35. The Morgan fingerprint density at radius 1 is 0.919 bits per heavy atom. The van der Waals surface area contributed by atoms with E-state index < -0.39 is 0 Å². The van der Waals surface area contributed by atoms with Crippen molar-refractivity contribution in [1.29, 1.82) is 0 Å².